The van der Waals surface area contributed by atoms with Crippen LogP contribution in [0.4, 0.5) is 5.69 Å². The van der Waals surface area contributed by atoms with E-state index in [1.54, 1.807) is 24.1 Å². The Bertz CT molecular complexity index is 870. The van der Waals surface area contributed by atoms with Gasteiger partial charge in [-0.2, -0.15) is 0 Å². The molecule has 0 aromatic heterocycles. The number of esters is 1. The molecule has 0 unspecified atom stereocenters. The van der Waals surface area contributed by atoms with E-state index >= 15 is 0 Å². The summed E-state index contributed by atoms with van der Waals surface area (Å²) in [6, 6.07) is 13.0. The van der Waals surface area contributed by atoms with Crippen LogP contribution in [0.5, 0.6) is 5.75 Å². The minimum Gasteiger partial charge on any atom is -0.496 e. The number of ether oxygens (including phenoxy) is 2. The highest BCUT2D eigenvalue weighted by atomic mass is 16.5. The van der Waals surface area contributed by atoms with E-state index in [0.717, 1.165) is 28.1 Å². The van der Waals surface area contributed by atoms with Crippen LogP contribution in [-0.2, 0) is 9.53 Å². The zero-order chi connectivity index (χ0) is 18.0. The summed E-state index contributed by atoms with van der Waals surface area (Å²) in [5, 5.41) is 0. The number of nitrogens with zero attached hydrogens (tertiary/aromatic N) is 1. The van der Waals surface area contributed by atoms with E-state index in [9.17, 15) is 9.59 Å². The summed E-state index contributed by atoms with van der Waals surface area (Å²) in [6.07, 6.45) is 2.01. The van der Waals surface area contributed by atoms with Crippen molar-refractivity contribution >= 4 is 29.2 Å². The number of carbonyl (C=O) groups excluding carboxylic acids is 2. The molecule has 0 atom stereocenters. The van der Waals surface area contributed by atoms with Crippen LogP contribution >= 0.6 is 0 Å². The van der Waals surface area contributed by atoms with Gasteiger partial charge in [0.2, 0.25) is 5.91 Å². The summed E-state index contributed by atoms with van der Waals surface area (Å²) in [7, 11) is 2.97. The second kappa shape index (κ2) is 6.81. The molecule has 0 N–H and O–H groups in total. The largest absolute Gasteiger partial charge is 0.496 e. The zero-order valence-electron chi connectivity index (χ0n) is 14.4. The molecule has 2 aromatic rings. The Hall–Kier alpha value is -3.08. The second-order valence-corrected chi connectivity index (χ2v) is 5.74. The van der Waals surface area contributed by atoms with Crippen LogP contribution in [-0.4, -0.2) is 32.6 Å². The van der Waals surface area contributed by atoms with Crippen LogP contribution in [0.2, 0.25) is 0 Å². The number of rotatable bonds is 3. The number of anilines is 1. The lowest BCUT2D eigenvalue weighted by molar-refractivity contribution is -0.116. The van der Waals surface area contributed by atoms with Crippen molar-refractivity contribution < 1.29 is 19.1 Å². The molecule has 0 spiro atoms. The number of hydrogen-bond donors (Lipinski definition) is 0. The smallest absolute Gasteiger partial charge is 0.337 e. The molecular formula is C20H19NO4. The van der Waals surface area contributed by atoms with Crippen LogP contribution in [0.15, 0.2) is 42.5 Å². The number of hydrogen-bond acceptors (Lipinski definition) is 4. The van der Waals surface area contributed by atoms with Crippen molar-refractivity contribution in [3.05, 3.63) is 59.2 Å². The molecule has 0 bridgehead atoms. The first-order chi connectivity index (χ1) is 12.0. The number of amides is 1. The predicted molar refractivity (Wildman–Crippen MR) is 96.7 cm³/mol. The Kier molecular flexibility index (Phi) is 4.57. The molecule has 5 nitrogen and oxygen atoms in total. The molecule has 1 aliphatic heterocycles. The van der Waals surface area contributed by atoms with Gasteiger partial charge in [-0.25, -0.2) is 4.79 Å². The van der Waals surface area contributed by atoms with Crippen LogP contribution in [0.3, 0.4) is 0 Å². The maximum absolute atomic E-state index is 12.0. The highest BCUT2D eigenvalue weighted by Crippen LogP contribution is 2.38. The molecule has 128 valence electrons. The number of methoxy groups -OCH3 is 2. The molecular weight excluding hydrogens is 318 g/mol. The predicted octanol–water partition coefficient (Wildman–Crippen LogP) is 3.39. The minimum atomic E-state index is -0.423. The first kappa shape index (κ1) is 16.8. The van der Waals surface area contributed by atoms with Gasteiger partial charge >= 0.3 is 5.97 Å². The highest BCUT2D eigenvalue weighted by molar-refractivity contribution is 6.06. The molecule has 0 fully saturated rings. The molecule has 0 aliphatic carbocycles. The Balaban J connectivity index is 2.10. The van der Waals surface area contributed by atoms with Crippen molar-refractivity contribution in [2.45, 2.75) is 6.92 Å². The third kappa shape index (κ3) is 3.13. The van der Waals surface area contributed by atoms with Gasteiger partial charge in [-0.15, -0.1) is 0 Å². The van der Waals surface area contributed by atoms with Gasteiger partial charge in [0.25, 0.3) is 0 Å². The summed E-state index contributed by atoms with van der Waals surface area (Å²) >= 11 is 0. The molecule has 0 saturated heterocycles. The molecule has 0 saturated carbocycles. The van der Waals surface area contributed by atoms with E-state index in [1.807, 2.05) is 36.4 Å². The molecule has 1 heterocycles. The molecule has 1 aliphatic rings. The average Bonchev–Trinajstić information content (AvgIpc) is 2.99. The maximum atomic E-state index is 12.0. The number of para-hydroxylation sites is 1. The van der Waals surface area contributed by atoms with Gasteiger partial charge < -0.3 is 14.4 Å². The van der Waals surface area contributed by atoms with Gasteiger partial charge in [-0.1, -0.05) is 24.3 Å². The lowest BCUT2D eigenvalue weighted by Gasteiger charge is -2.14. The van der Waals surface area contributed by atoms with Crippen LogP contribution in [0.25, 0.3) is 11.6 Å². The Labute approximate surface area is 146 Å². The highest BCUT2D eigenvalue weighted by Gasteiger charge is 2.27. The van der Waals surface area contributed by atoms with Crippen LogP contribution in [0.1, 0.15) is 28.4 Å². The third-order valence-electron chi connectivity index (χ3n) is 4.23. The van der Waals surface area contributed by atoms with E-state index in [1.165, 1.54) is 14.0 Å². The van der Waals surface area contributed by atoms with E-state index in [4.69, 9.17) is 9.47 Å². The standard InChI is InChI=1S/C20H19NO4/c1-13(22)21-12-16(10-14-6-4-5-7-19(14)24-2)17-9-8-15(11-18(17)21)20(23)25-3/h4-11H,12H2,1-3H3/b16-10-. The van der Waals surface area contributed by atoms with Gasteiger partial charge in [-0.3, -0.25) is 4.79 Å². The normalized spacial score (nSPS) is 14.4. The molecule has 2 aromatic carbocycles. The molecule has 0 radical (unpaired) electrons. The first-order valence-corrected chi connectivity index (χ1v) is 7.89. The number of fused-ring (bicyclic) bond motifs is 1. The van der Waals surface area contributed by atoms with Crippen molar-refractivity contribution in [2.75, 3.05) is 25.7 Å². The fraction of sp³-hybridized carbons (Fsp3) is 0.200. The fourth-order valence-corrected chi connectivity index (χ4v) is 2.99. The summed E-state index contributed by atoms with van der Waals surface area (Å²) < 4.78 is 10.2. The van der Waals surface area contributed by atoms with Crippen molar-refractivity contribution in [3.8, 4) is 5.75 Å². The molecule has 5 heteroatoms. The monoisotopic (exact) mass is 337 g/mol. The zero-order valence-corrected chi connectivity index (χ0v) is 14.4. The maximum Gasteiger partial charge on any atom is 0.337 e. The van der Waals surface area contributed by atoms with Crippen molar-refractivity contribution in [1.29, 1.82) is 0 Å². The van der Waals surface area contributed by atoms with Crippen molar-refractivity contribution in [3.63, 3.8) is 0 Å². The quantitative estimate of drug-likeness (QED) is 0.806. The van der Waals surface area contributed by atoms with Crippen molar-refractivity contribution in [2.24, 2.45) is 0 Å². The van der Waals surface area contributed by atoms with E-state index in [-0.39, 0.29) is 5.91 Å². The van der Waals surface area contributed by atoms with E-state index in [0.29, 0.717) is 12.1 Å². The summed E-state index contributed by atoms with van der Waals surface area (Å²) in [4.78, 5) is 25.5. The Morgan fingerprint density at radius 3 is 2.56 bits per heavy atom. The lowest BCUT2D eigenvalue weighted by Crippen LogP contribution is -2.25. The number of carbonyl (C=O) groups is 2. The van der Waals surface area contributed by atoms with Crippen molar-refractivity contribution in [1.82, 2.24) is 0 Å². The average molecular weight is 337 g/mol. The van der Waals surface area contributed by atoms with E-state index in [2.05, 4.69) is 0 Å². The molecule has 25 heavy (non-hydrogen) atoms. The number of benzene rings is 2. The topological polar surface area (TPSA) is 55.8 Å². The van der Waals surface area contributed by atoms with Gasteiger partial charge in [-0.05, 0) is 29.8 Å². The minimum absolute atomic E-state index is 0.0771. The molecule has 1 amide bonds. The first-order valence-electron chi connectivity index (χ1n) is 7.89. The Morgan fingerprint density at radius 1 is 1.12 bits per heavy atom. The van der Waals surface area contributed by atoms with Gasteiger partial charge in [0.15, 0.2) is 0 Å². The van der Waals surface area contributed by atoms with Crippen LogP contribution in [0, 0.1) is 0 Å². The fourth-order valence-electron chi connectivity index (χ4n) is 2.99. The summed E-state index contributed by atoms with van der Waals surface area (Å²) in [6.45, 7) is 1.97. The molecule has 3 rings (SSSR count). The lowest BCUT2D eigenvalue weighted by atomic mass is 10.0. The Morgan fingerprint density at radius 2 is 1.88 bits per heavy atom. The van der Waals surface area contributed by atoms with Gasteiger partial charge in [0.1, 0.15) is 5.75 Å². The second-order valence-electron chi connectivity index (χ2n) is 5.74. The van der Waals surface area contributed by atoms with Crippen LogP contribution < -0.4 is 9.64 Å². The summed E-state index contributed by atoms with van der Waals surface area (Å²) in [5.41, 5.74) is 4.00. The third-order valence-corrected chi connectivity index (χ3v) is 4.23. The van der Waals surface area contributed by atoms with Gasteiger partial charge in [0, 0.05) is 18.1 Å². The van der Waals surface area contributed by atoms with Gasteiger partial charge in [0.05, 0.1) is 32.0 Å². The summed E-state index contributed by atoms with van der Waals surface area (Å²) in [5.74, 6) is 0.268. The SMILES string of the molecule is COC(=O)c1ccc2c(c1)N(C(C)=O)C/C2=C/c1ccccc1OC. The van der Waals surface area contributed by atoms with E-state index < -0.39 is 5.97 Å².